The third kappa shape index (κ3) is 2.89. The topological polar surface area (TPSA) is 29.9 Å². The zero-order valence-corrected chi connectivity index (χ0v) is 11.5. The van der Waals surface area contributed by atoms with Crippen molar-refractivity contribution >= 4 is 0 Å². The third-order valence-electron chi connectivity index (χ3n) is 4.03. The van der Waals surface area contributed by atoms with Crippen LogP contribution in [0.1, 0.15) is 44.9 Å². The summed E-state index contributed by atoms with van der Waals surface area (Å²) in [6, 6.07) is 0.729. The Bertz CT molecular complexity index is 362. The maximum Gasteiger partial charge on any atom is 0.0666 e. The number of aromatic nitrogens is 2. The van der Waals surface area contributed by atoms with E-state index in [2.05, 4.69) is 37.4 Å². The van der Waals surface area contributed by atoms with Crippen LogP contribution in [0.4, 0.5) is 0 Å². The molecule has 1 saturated carbocycles. The minimum absolute atomic E-state index is 0.729. The van der Waals surface area contributed by atoms with Crippen molar-refractivity contribution in [1.82, 2.24) is 15.1 Å². The lowest BCUT2D eigenvalue weighted by atomic mass is 9.73. The molecular formula is C14H25N3. The summed E-state index contributed by atoms with van der Waals surface area (Å²) in [6.45, 7) is 7.81. The second-order valence-corrected chi connectivity index (χ2v) is 5.68. The molecule has 0 aliphatic heterocycles. The number of hydrogen-bond acceptors (Lipinski definition) is 2. The van der Waals surface area contributed by atoms with Crippen molar-refractivity contribution in [2.75, 3.05) is 0 Å². The molecule has 1 N–H and O–H groups in total. The van der Waals surface area contributed by atoms with Gasteiger partial charge in [-0.15, -0.1) is 0 Å². The third-order valence-corrected chi connectivity index (χ3v) is 4.03. The van der Waals surface area contributed by atoms with Gasteiger partial charge in [-0.05, 0) is 31.1 Å². The highest BCUT2D eigenvalue weighted by Crippen LogP contribution is 2.33. The average Bonchev–Trinajstić information content (AvgIpc) is 2.56. The molecule has 2 rings (SSSR count). The molecule has 0 atom stereocenters. The predicted octanol–water partition coefficient (Wildman–Crippen LogP) is 2.51. The van der Waals surface area contributed by atoms with Crippen LogP contribution in [0.15, 0.2) is 6.20 Å². The zero-order valence-electron chi connectivity index (χ0n) is 11.5. The zero-order chi connectivity index (χ0) is 12.4. The van der Waals surface area contributed by atoms with Crippen LogP contribution < -0.4 is 5.32 Å². The Kier molecular flexibility index (Phi) is 3.87. The summed E-state index contributed by atoms with van der Waals surface area (Å²) >= 11 is 0. The number of rotatable bonds is 5. The second-order valence-electron chi connectivity index (χ2n) is 5.68. The first kappa shape index (κ1) is 12.6. The lowest BCUT2D eigenvalue weighted by molar-refractivity contribution is 0.167. The van der Waals surface area contributed by atoms with Crippen LogP contribution in [0.5, 0.6) is 0 Å². The van der Waals surface area contributed by atoms with E-state index in [1.54, 1.807) is 0 Å². The van der Waals surface area contributed by atoms with Crippen molar-refractivity contribution < 1.29 is 0 Å². The summed E-state index contributed by atoms with van der Waals surface area (Å²) in [4.78, 5) is 0. The summed E-state index contributed by atoms with van der Waals surface area (Å²) in [5.74, 6) is 1.78. The first-order valence-electron chi connectivity index (χ1n) is 6.85. The number of hydrogen-bond donors (Lipinski definition) is 1. The van der Waals surface area contributed by atoms with Gasteiger partial charge in [0.2, 0.25) is 0 Å². The Morgan fingerprint density at radius 2 is 2.18 bits per heavy atom. The fraction of sp³-hybridized carbons (Fsp3) is 0.786. The van der Waals surface area contributed by atoms with Crippen LogP contribution in [0, 0.1) is 11.8 Å². The molecule has 1 aliphatic carbocycles. The van der Waals surface area contributed by atoms with Crippen LogP contribution in [-0.4, -0.2) is 15.8 Å². The summed E-state index contributed by atoms with van der Waals surface area (Å²) in [5.41, 5.74) is 2.60. The van der Waals surface area contributed by atoms with E-state index in [9.17, 15) is 0 Å². The Labute approximate surface area is 105 Å². The maximum absolute atomic E-state index is 4.47. The molecule has 3 heteroatoms. The maximum atomic E-state index is 4.47. The Hall–Kier alpha value is -0.830. The van der Waals surface area contributed by atoms with Crippen LogP contribution >= 0.6 is 0 Å². The Morgan fingerprint density at radius 1 is 1.47 bits per heavy atom. The van der Waals surface area contributed by atoms with Gasteiger partial charge in [-0.3, -0.25) is 4.68 Å². The molecule has 1 aliphatic rings. The van der Waals surface area contributed by atoms with Gasteiger partial charge in [0, 0.05) is 31.4 Å². The number of nitrogens with one attached hydrogen (secondary N) is 1. The van der Waals surface area contributed by atoms with E-state index >= 15 is 0 Å². The molecule has 1 aromatic heterocycles. The monoisotopic (exact) mass is 235 g/mol. The fourth-order valence-electron chi connectivity index (χ4n) is 2.66. The van der Waals surface area contributed by atoms with Gasteiger partial charge in [-0.2, -0.15) is 5.10 Å². The molecule has 0 radical (unpaired) electrons. The summed E-state index contributed by atoms with van der Waals surface area (Å²) in [6.07, 6.45) is 5.86. The van der Waals surface area contributed by atoms with Crippen LogP contribution in [0.2, 0.25) is 0 Å². The van der Waals surface area contributed by atoms with Crippen LogP contribution in [0.3, 0.4) is 0 Å². The molecule has 0 unspecified atom stereocenters. The quantitative estimate of drug-likeness (QED) is 0.850. The largest absolute Gasteiger partial charge is 0.310 e. The van der Waals surface area contributed by atoms with Crippen molar-refractivity contribution in [2.24, 2.45) is 18.9 Å². The molecule has 0 aromatic carbocycles. The van der Waals surface area contributed by atoms with E-state index < -0.39 is 0 Å². The minimum Gasteiger partial charge on any atom is -0.310 e. The first-order valence-corrected chi connectivity index (χ1v) is 6.85. The molecule has 17 heavy (non-hydrogen) atoms. The lowest BCUT2D eigenvalue weighted by Crippen LogP contribution is -2.42. The molecule has 96 valence electrons. The molecule has 1 fully saturated rings. The SMILES string of the molecule is CCc1nn(C)cc1CNC1CC(C(C)C)C1. The van der Waals surface area contributed by atoms with E-state index in [-0.39, 0.29) is 0 Å². The highest BCUT2D eigenvalue weighted by atomic mass is 15.3. The fourth-order valence-corrected chi connectivity index (χ4v) is 2.66. The van der Waals surface area contributed by atoms with Gasteiger partial charge in [0.1, 0.15) is 0 Å². The van der Waals surface area contributed by atoms with Crippen molar-refractivity contribution in [3.05, 3.63) is 17.5 Å². The van der Waals surface area contributed by atoms with Gasteiger partial charge >= 0.3 is 0 Å². The van der Waals surface area contributed by atoms with Crippen LogP contribution in [0.25, 0.3) is 0 Å². The highest BCUT2D eigenvalue weighted by molar-refractivity contribution is 5.16. The summed E-state index contributed by atoms with van der Waals surface area (Å²) in [7, 11) is 2.00. The van der Waals surface area contributed by atoms with Crippen molar-refractivity contribution in [3.8, 4) is 0 Å². The summed E-state index contributed by atoms with van der Waals surface area (Å²) in [5, 5.41) is 8.13. The molecule has 1 heterocycles. The average molecular weight is 235 g/mol. The van der Waals surface area contributed by atoms with Gasteiger partial charge in [-0.25, -0.2) is 0 Å². The van der Waals surface area contributed by atoms with Crippen molar-refractivity contribution in [2.45, 2.75) is 52.6 Å². The predicted molar refractivity (Wildman–Crippen MR) is 70.8 cm³/mol. The van der Waals surface area contributed by atoms with Gasteiger partial charge in [0.25, 0.3) is 0 Å². The molecule has 1 aromatic rings. The smallest absolute Gasteiger partial charge is 0.0666 e. The van der Waals surface area contributed by atoms with Gasteiger partial charge < -0.3 is 5.32 Å². The van der Waals surface area contributed by atoms with Crippen LogP contribution in [-0.2, 0) is 20.0 Å². The van der Waals surface area contributed by atoms with Crippen molar-refractivity contribution in [1.29, 1.82) is 0 Å². The van der Waals surface area contributed by atoms with E-state index in [1.807, 2.05) is 11.7 Å². The van der Waals surface area contributed by atoms with E-state index in [1.165, 1.54) is 24.1 Å². The molecule has 0 saturated heterocycles. The second kappa shape index (κ2) is 5.21. The molecule has 3 nitrogen and oxygen atoms in total. The normalized spacial score (nSPS) is 24.1. The minimum atomic E-state index is 0.729. The molecular weight excluding hydrogens is 210 g/mol. The van der Waals surface area contributed by atoms with E-state index in [4.69, 9.17) is 0 Å². The van der Waals surface area contributed by atoms with Crippen molar-refractivity contribution in [3.63, 3.8) is 0 Å². The van der Waals surface area contributed by atoms with E-state index in [0.29, 0.717) is 0 Å². The van der Waals surface area contributed by atoms with Gasteiger partial charge in [0.15, 0.2) is 0 Å². The Balaban J connectivity index is 1.79. The van der Waals surface area contributed by atoms with Gasteiger partial charge in [-0.1, -0.05) is 20.8 Å². The first-order chi connectivity index (χ1) is 8.10. The molecule has 0 bridgehead atoms. The highest BCUT2D eigenvalue weighted by Gasteiger charge is 2.30. The standard InChI is InChI=1S/C14H25N3/c1-5-14-12(9-17(4)16-14)8-15-13-6-11(7-13)10(2)3/h9-11,13,15H,5-8H2,1-4H3. The summed E-state index contributed by atoms with van der Waals surface area (Å²) < 4.78 is 1.92. The van der Waals surface area contributed by atoms with E-state index in [0.717, 1.165) is 30.8 Å². The number of aryl methyl sites for hydroxylation is 2. The lowest BCUT2D eigenvalue weighted by Gasteiger charge is -2.38. The molecule has 0 amide bonds. The molecule has 0 spiro atoms. The Morgan fingerprint density at radius 3 is 2.76 bits per heavy atom. The number of nitrogens with zero attached hydrogens (tertiary/aromatic N) is 2. The van der Waals surface area contributed by atoms with Gasteiger partial charge in [0.05, 0.1) is 5.69 Å².